The Labute approximate surface area is 162 Å². The zero-order valence-electron chi connectivity index (χ0n) is 15.2. The van der Waals surface area contributed by atoms with E-state index < -0.39 is 54.3 Å². The molecule has 3 atom stereocenters. The second-order valence-corrected chi connectivity index (χ2v) is 6.57. The summed E-state index contributed by atoms with van der Waals surface area (Å²) >= 11 is 3.91. The van der Waals surface area contributed by atoms with E-state index in [1.54, 1.807) is 13.8 Å². The van der Waals surface area contributed by atoms with Crippen LogP contribution in [0.4, 0.5) is 0 Å². The number of rotatable bonds is 12. The number of carboxylic acid groups (broad SMARTS) is 1. The van der Waals surface area contributed by atoms with E-state index in [0.717, 1.165) is 0 Å². The van der Waals surface area contributed by atoms with Crippen molar-refractivity contribution in [2.45, 2.75) is 44.8 Å². The number of thiol groups is 1. The number of hydrogen-bond acceptors (Lipinski definition) is 7. The van der Waals surface area contributed by atoms with Gasteiger partial charge in [0.25, 0.3) is 0 Å². The Morgan fingerprint density at radius 2 is 1.67 bits per heavy atom. The summed E-state index contributed by atoms with van der Waals surface area (Å²) in [5, 5.41) is 16.0. The van der Waals surface area contributed by atoms with Crippen LogP contribution < -0.4 is 27.4 Å². The molecule has 0 bridgehead atoms. The van der Waals surface area contributed by atoms with Crippen molar-refractivity contribution in [1.82, 2.24) is 16.0 Å². The molecule has 0 fully saturated rings. The van der Waals surface area contributed by atoms with Gasteiger partial charge in [0, 0.05) is 12.2 Å². The molecule has 11 nitrogen and oxygen atoms in total. The van der Waals surface area contributed by atoms with Crippen LogP contribution in [0.5, 0.6) is 0 Å². The van der Waals surface area contributed by atoms with Gasteiger partial charge in [0.05, 0.1) is 12.6 Å². The minimum Gasteiger partial charge on any atom is -0.480 e. The lowest BCUT2D eigenvalue weighted by molar-refractivity contribution is -0.142. The highest BCUT2D eigenvalue weighted by atomic mass is 32.1. The van der Waals surface area contributed by atoms with Crippen LogP contribution in [0.15, 0.2) is 0 Å². The van der Waals surface area contributed by atoms with Crippen LogP contribution in [-0.2, 0) is 24.0 Å². The molecule has 27 heavy (non-hydrogen) atoms. The summed E-state index contributed by atoms with van der Waals surface area (Å²) < 4.78 is 0. The van der Waals surface area contributed by atoms with Gasteiger partial charge in [-0.1, -0.05) is 13.8 Å². The number of carbonyl (C=O) groups is 5. The third-order valence-corrected chi connectivity index (χ3v) is 3.91. The fourth-order valence-electron chi connectivity index (χ4n) is 1.94. The molecule has 3 unspecified atom stereocenters. The second-order valence-electron chi connectivity index (χ2n) is 6.20. The highest BCUT2D eigenvalue weighted by Crippen LogP contribution is 2.03. The van der Waals surface area contributed by atoms with Gasteiger partial charge in [-0.3, -0.25) is 19.2 Å². The van der Waals surface area contributed by atoms with Crippen molar-refractivity contribution in [2.24, 2.45) is 17.4 Å². The number of carboxylic acids is 1. The molecule has 0 aliphatic carbocycles. The summed E-state index contributed by atoms with van der Waals surface area (Å²) in [6.07, 6.45) is -0.382. The van der Waals surface area contributed by atoms with E-state index in [0.29, 0.717) is 0 Å². The number of primary amides is 1. The number of aliphatic carboxylic acids is 1. The fraction of sp³-hybridized carbons (Fsp3) is 0.667. The molecule has 0 aliphatic rings. The number of amides is 4. The number of carbonyl (C=O) groups excluding carboxylic acids is 4. The highest BCUT2D eigenvalue weighted by molar-refractivity contribution is 7.80. The van der Waals surface area contributed by atoms with Gasteiger partial charge in [-0.2, -0.15) is 12.6 Å². The molecular formula is C15H27N5O6S. The van der Waals surface area contributed by atoms with Gasteiger partial charge in [-0.15, -0.1) is 0 Å². The van der Waals surface area contributed by atoms with Crippen molar-refractivity contribution in [3.8, 4) is 0 Å². The van der Waals surface area contributed by atoms with Gasteiger partial charge in [-0.05, 0) is 12.3 Å². The topological polar surface area (TPSA) is 194 Å². The van der Waals surface area contributed by atoms with Gasteiger partial charge in [0.1, 0.15) is 12.1 Å². The quantitative estimate of drug-likeness (QED) is 0.172. The molecule has 0 aromatic rings. The van der Waals surface area contributed by atoms with Crippen LogP contribution in [0.1, 0.15) is 26.7 Å². The number of hydrogen-bond donors (Lipinski definition) is 7. The molecule has 12 heteroatoms. The van der Waals surface area contributed by atoms with Gasteiger partial charge in [0.2, 0.25) is 23.6 Å². The first-order valence-electron chi connectivity index (χ1n) is 8.24. The normalized spacial score (nSPS) is 14.0. The van der Waals surface area contributed by atoms with Crippen LogP contribution in [0.2, 0.25) is 0 Å². The summed E-state index contributed by atoms with van der Waals surface area (Å²) in [6, 6.07) is -3.12. The van der Waals surface area contributed by atoms with E-state index in [-0.39, 0.29) is 24.5 Å². The van der Waals surface area contributed by atoms with E-state index in [1.807, 2.05) is 0 Å². The maximum Gasteiger partial charge on any atom is 0.326 e. The molecule has 0 rings (SSSR count). The van der Waals surface area contributed by atoms with Gasteiger partial charge in [-0.25, -0.2) is 4.79 Å². The predicted octanol–water partition coefficient (Wildman–Crippen LogP) is -2.66. The highest BCUT2D eigenvalue weighted by Gasteiger charge is 2.27. The monoisotopic (exact) mass is 405 g/mol. The van der Waals surface area contributed by atoms with Gasteiger partial charge >= 0.3 is 5.97 Å². The Morgan fingerprint density at radius 1 is 1.07 bits per heavy atom. The summed E-state index contributed by atoms with van der Waals surface area (Å²) in [4.78, 5) is 57.7. The largest absolute Gasteiger partial charge is 0.480 e. The molecule has 0 aliphatic heterocycles. The van der Waals surface area contributed by atoms with Crippen molar-refractivity contribution < 1.29 is 29.1 Å². The lowest BCUT2D eigenvalue weighted by atomic mass is 10.0. The summed E-state index contributed by atoms with van der Waals surface area (Å²) in [5.41, 5.74) is 10.5. The third kappa shape index (κ3) is 9.80. The molecule has 154 valence electrons. The minimum absolute atomic E-state index is 0.0998. The van der Waals surface area contributed by atoms with Crippen LogP contribution in [0.25, 0.3) is 0 Å². The lowest BCUT2D eigenvalue weighted by Crippen LogP contribution is -2.55. The molecule has 0 aromatic heterocycles. The first-order valence-corrected chi connectivity index (χ1v) is 8.87. The fourth-order valence-corrected chi connectivity index (χ4v) is 2.11. The van der Waals surface area contributed by atoms with E-state index in [9.17, 15) is 24.0 Å². The zero-order valence-corrected chi connectivity index (χ0v) is 16.1. The predicted molar refractivity (Wildman–Crippen MR) is 99.6 cm³/mol. The van der Waals surface area contributed by atoms with E-state index in [2.05, 4.69) is 28.6 Å². The number of nitrogens with one attached hydrogen (secondary N) is 3. The Morgan fingerprint density at radius 3 is 2.11 bits per heavy atom. The molecule has 0 saturated heterocycles. The van der Waals surface area contributed by atoms with Gasteiger partial charge in [0.15, 0.2) is 0 Å². The molecule has 0 aromatic carbocycles. The summed E-state index contributed by atoms with van der Waals surface area (Å²) in [6.45, 7) is 2.89. The molecule has 0 heterocycles. The first kappa shape index (κ1) is 24.7. The molecular weight excluding hydrogens is 378 g/mol. The second kappa shape index (κ2) is 12.1. The van der Waals surface area contributed by atoms with E-state index in [4.69, 9.17) is 16.6 Å². The maximum atomic E-state index is 12.2. The van der Waals surface area contributed by atoms with Crippen molar-refractivity contribution in [2.75, 3.05) is 12.3 Å². The Kier molecular flexibility index (Phi) is 11.1. The number of nitrogens with two attached hydrogens (primary N) is 2. The molecule has 0 spiro atoms. The molecule has 4 amide bonds. The van der Waals surface area contributed by atoms with E-state index >= 15 is 0 Å². The molecule has 0 saturated carbocycles. The standard InChI is InChI=1S/C15H27N5O6S/c1-7(2)12(20-13(23)8(16)6-27)14(24)18-5-11(22)19-9(15(25)26)3-4-10(17)21/h7-9,12,27H,3-6,16H2,1-2H3,(H2,17,21)(H,18,24)(H,19,22)(H,20,23)(H,25,26). The van der Waals surface area contributed by atoms with Gasteiger partial charge < -0.3 is 32.5 Å². The third-order valence-electron chi connectivity index (χ3n) is 3.52. The smallest absolute Gasteiger partial charge is 0.326 e. The van der Waals surface area contributed by atoms with Crippen LogP contribution in [0, 0.1) is 5.92 Å². The molecule has 8 N–H and O–H groups in total. The average molecular weight is 405 g/mol. The SMILES string of the molecule is CC(C)C(NC(=O)C(N)CS)C(=O)NCC(=O)NC(CCC(N)=O)C(=O)O. The zero-order chi connectivity index (χ0) is 21.1. The summed E-state index contributed by atoms with van der Waals surface area (Å²) in [5.74, 6) is -4.15. The van der Waals surface area contributed by atoms with Crippen LogP contribution >= 0.6 is 12.6 Å². The summed E-state index contributed by atoms with van der Waals surface area (Å²) in [7, 11) is 0. The lowest BCUT2D eigenvalue weighted by Gasteiger charge is -2.23. The average Bonchev–Trinajstić information content (AvgIpc) is 2.59. The minimum atomic E-state index is -1.33. The van der Waals surface area contributed by atoms with E-state index in [1.165, 1.54) is 0 Å². The van der Waals surface area contributed by atoms with Crippen molar-refractivity contribution >= 4 is 42.2 Å². The maximum absolute atomic E-state index is 12.2. The van der Waals surface area contributed by atoms with Crippen molar-refractivity contribution in [1.29, 1.82) is 0 Å². The Balaban J connectivity index is 4.69. The molecule has 0 radical (unpaired) electrons. The Bertz CT molecular complexity index is 571. The van der Waals surface area contributed by atoms with Crippen LogP contribution in [0.3, 0.4) is 0 Å². The van der Waals surface area contributed by atoms with Crippen molar-refractivity contribution in [3.05, 3.63) is 0 Å². The first-order chi connectivity index (χ1) is 12.5. The Hall–Kier alpha value is -2.34. The van der Waals surface area contributed by atoms with Crippen LogP contribution in [-0.4, -0.2) is 65.1 Å². The van der Waals surface area contributed by atoms with Crippen molar-refractivity contribution in [3.63, 3.8) is 0 Å².